The summed E-state index contributed by atoms with van der Waals surface area (Å²) in [6, 6.07) is 5.68. The Morgan fingerprint density at radius 2 is 2.14 bits per heavy atom. The van der Waals surface area contributed by atoms with Crippen molar-refractivity contribution in [2.24, 2.45) is 0 Å². The molecule has 0 saturated heterocycles. The molecule has 1 aliphatic carbocycles. The first-order valence-corrected chi connectivity index (χ1v) is 7.02. The second kappa shape index (κ2) is 6.21. The summed E-state index contributed by atoms with van der Waals surface area (Å²) in [6.45, 7) is 2.55. The van der Waals surface area contributed by atoms with Crippen LogP contribution >= 0.6 is 0 Å². The molecule has 2 nitrogen and oxygen atoms in total. The van der Waals surface area contributed by atoms with Crippen molar-refractivity contribution in [1.29, 1.82) is 5.26 Å². The van der Waals surface area contributed by atoms with Crippen LogP contribution in [0.5, 0.6) is 0 Å². The van der Waals surface area contributed by atoms with E-state index in [0.29, 0.717) is 12.2 Å². The number of nitriles is 1. The standard InChI is InChI=1S/C16H17F3N2/c1-2-21(13-6-4-3-5-7-13)14-9-8-12(11-20)15(10-14)16(17,18)19/h4,6,8-10,13H,2-3,5,7H2,1H3. The van der Waals surface area contributed by atoms with Gasteiger partial charge in [-0.3, -0.25) is 0 Å². The first-order chi connectivity index (χ1) is 9.97. The molecule has 1 aromatic carbocycles. The van der Waals surface area contributed by atoms with Crippen molar-refractivity contribution < 1.29 is 13.2 Å². The van der Waals surface area contributed by atoms with Gasteiger partial charge >= 0.3 is 6.18 Å². The number of halogens is 3. The van der Waals surface area contributed by atoms with Crippen LogP contribution in [-0.4, -0.2) is 12.6 Å². The number of hydrogen-bond donors (Lipinski definition) is 0. The molecule has 1 unspecified atom stereocenters. The van der Waals surface area contributed by atoms with Gasteiger partial charge in [-0.15, -0.1) is 0 Å². The normalized spacial score (nSPS) is 18.3. The highest BCUT2D eigenvalue weighted by molar-refractivity contribution is 5.56. The first-order valence-electron chi connectivity index (χ1n) is 7.02. The summed E-state index contributed by atoms with van der Waals surface area (Å²) in [6.07, 6.45) is 2.62. The van der Waals surface area contributed by atoms with E-state index >= 15 is 0 Å². The van der Waals surface area contributed by atoms with Crippen molar-refractivity contribution in [2.45, 2.75) is 38.4 Å². The predicted octanol–water partition coefficient (Wildman–Crippen LogP) is 4.51. The van der Waals surface area contributed by atoms with E-state index in [2.05, 4.69) is 12.2 Å². The molecule has 0 spiro atoms. The summed E-state index contributed by atoms with van der Waals surface area (Å²) in [5, 5.41) is 8.84. The fourth-order valence-corrected chi connectivity index (χ4v) is 2.71. The van der Waals surface area contributed by atoms with Crippen LogP contribution in [0.25, 0.3) is 0 Å². The number of likely N-dealkylation sites (N-methyl/N-ethyl adjacent to an activating group) is 1. The molecule has 0 saturated carbocycles. The van der Waals surface area contributed by atoms with E-state index in [0.717, 1.165) is 25.3 Å². The van der Waals surface area contributed by atoms with Gasteiger partial charge < -0.3 is 4.90 Å². The van der Waals surface area contributed by atoms with E-state index in [1.807, 2.05) is 11.8 Å². The molecule has 2 rings (SSSR count). The van der Waals surface area contributed by atoms with Crippen LogP contribution in [0.1, 0.15) is 37.3 Å². The average Bonchev–Trinajstić information content (AvgIpc) is 2.48. The largest absolute Gasteiger partial charge is 0.417 e. The average molecular weight is 294 g/mol. The zero-order chi connectivity index (χ0) is 15.5. The number of rotatable bonds is 3. The van der Waals surface area contributed by atoms with Gasteiger partial charge in [-0.1, -0.05) is 12.2 Å². The molecule has 21 heavy (non-hydrogen) atoms. The summed E-state index contributed by atoms with van der Waals surface area (Å²) in [7, 11) is 0. The zero-order valence-corrected chi connectivity index (χ0v) is 11.8. The highest BCUT2D eigenvalue weighted by atomic mass is 19.4. The second-order valence-corrected chi connectivity index (χ2v) is 5.05. The number of alkyl halides is 3. The number of anilines is 1. The van der Waals surface area contributed by atoms with Gasteiger partial charge in [-0.25, -0.2) is 0 Å². The molecule has 0 aliphatic heterocycles. The van der Waals surface area contributed by atoms with E-state index in [1.165, 1.54) is 6.07 Å². The van der Waals surface area contributed by atoms with E-state index < -0.39 is 11.7 Å². The molecule has 0 radical (unpaired) electrons. The topological polar surface area (TPSA) is 27.0 Å². The third-order valence-electron chi connectivity index (χ3n) is 3.73. The van der Waals surface area contributed by atoms with E-state index in [1.54, 1.807) is 12.1 Å². The molecular weight excluding hydrogens is 277 g/mol. The summed E-state index contributed by atoms with van der Waals surface area (Å²) >= 11 is 0. The highest BCUT2D eigenvalue weighted by Gasteiger charge is 2.34. The van der Waals surface area contributed by atoms with Crippen LogP contribution in [0.2, 0.25) is 0 Å². The van der Waals surface area contributed by atoms with Gasteiger partial charge in [0.05, 0.1) is 17.2 Å². The van der Waals surface area contributed by atoms with Gasteiger partial charge in [0.1, 0.15) is 0 Å². The fourth-order valence-electron chi connectivity index (χ4n) is 2.71. The Hall–Kier alpha value is -1.96. The Bertz CT molecular complexity index is 570. The maximum absolute atomic E-state index is 13.0. The van der Waals surface area contributed by atoms with Gasteiger partial charge in [0.25, 0.3) is 0 Å². The minimum absolute atomic E-state index is 0.123. The summed E-state index contributed by atoms with van der Waals surface area (Å²) in [4.78, 5) is 1.95. The molecule has 1 aliphatic rings. The van der Waals surface area contributed by atoms with Crippen molar-refractivity contribution >= 4 is 5.69 Å². The summed E-state index contributed by atoms with van der Waals surface area (Å²) in [5.74, 6) is 0. The van der Waals surface area contributed by atoms with Crippen LogP contribution < -0.4 is 4.90 Å². The molecule has 5 heteroatoms. The lowest BCUT2D eigenvalue weighted by molar-refractivity contribution is -0.137. The predicted molar refractivity (Wildman–Crippen MR) is 76.0 cm³/mol. The van der Waals surface area contributed by atoms with Crippen LogP contribution in [0.4, 0.5) is 18.9 Å². The lowest BCUT2D eigenvalue weighted by Gasteiger charge is -2.33. The lowest BCUT2D eigenvalue weighted by Crippen LogP contribution is -2.34. The van der Waals surface area contributed by atoms with Gasteiger partial charge in [0, 0.05) is 18.3 Å². The monoisotopic (exact) mass is 294 g/mol. The van der Waals surface area contributed by atoms with Crippen molar-refractivity contribution in [3.63, 3.8) is 0 Å². The van der Waals surface area contributed by atoms with Crippen molar-refractivity contribution in [1.82, 2.24) is 0 Å². The number of hydrogen-bond acceptors (Lipinski definition) is 2. The smallest absolute Gasteiger partial charge is 0.365 e. The summed E-state index contributed by atoms with van der Waals surface area (Å²) < 4.78 is 39.1. The van der Waals surface area contributed by atoms with E-state index in [-0.39, 0.29) is 11.6 Å². The van der Waals surface area contributed by atoms with Crippen LogP contribution in [0.3, 0.4) is 0 Å². The SMILES string of the molecule is CCN(c1ccc(C#N)c(C(F)(F)F)c1)C1C=CCCC1. The molecule has 0 aromatic heterocycles. The van der Waals surface area contributed by atoms with Crippen LogP contribution in [0.15, 0.2) is 30.4 Å². The number of benzene rings is 1. The van der Waals surface area contributed by atoms with Crippen molar-refractivity contribution in [3.05, 3.63) is 41.5 Å². The minimum atomic E-state index is -4.51. The molecule has 0 heterocycles. The van der Waals surface area contributed by atoms with Gasteiger partial charge in [-0.05, 0) is 44.4 Å². The molecule has 1 aromatic rings. The maximum atomic E-state index is 13.0. The third-order valence-corrected chi connectivity index (χ3v) is 3.73. The number of allylic oxidation sites excluding steroid dienone is 1. The fraction of sp³-hybridized carbons (Fsp3) is 0.438. The van der Waals surface area contributed by atoms with Gasteiger partial charge in [0.15, 0.2) is 0 Å². The maximum Gasteiger partial charge on any atom is 0.417 e. The Labute approximate surface area is 122 Å². The number of nitrogens with zero attached hydrogens (tertiary/aromatic N) is 2. The lowest BCUT2D eigenvalue weighted by atomic mass is 9.99. The molecule has 0 fully saturated rings. The molecule has 112 valence electrons. The first kappa shape index (κ1) is 15.4. The van der Waals surface area contributed by atoms with E-state index in [4.69, 9.17) is 5.26 Å². The van der Waals surface area contributed by atoms with Crippen molar-refractivity contribution in [2.75, 3.05) is 11.4 Å². The molecule has 0 N–H and O–H groups in total. The quantitative estimate of drug-likeness (QED) is 0.767. The van der Waals surface area contributed by atoms with Gasteiger partial charge in [-0.2, -0.15) is 18.4 Å². The molecule has 0 bridgehead atoms. The third kappa shape index (κ3) is 3.38. The Morgan fingerprint density at radius 3 is 2.67 bits per heavy atom. The van der Waals surface area contributed by atoms with Crippen molar-refractivity contribution in [3.8, 4) is 6.07 Å². The zero-order valence-electron chi connectivity index (χ0n) is 11.8. The van der Waals surface area contributed by atoms with Crippen LogP contribution in [0, 0.1) is 11.3 Å². The highest BCUT2D eigenvalue weighted by Crippen LogP contribution is 2.35. The van der Waals surface area contributed by atoms with E-state index in [9.17, 15) is 13.2 Å². The second-order valence-electron chi connectivity index (χ2n) is 5.05. The molecular formula is C16H17F3N2. The Balaban J connectivity index is 2.41. The molecule has 0 amide bonds. The minimum Gasteiger partial charge on any atom is -0.365 e. The van der Waals surface area contributed by atoms with Crippen LogP contribution in [-0.2, 0) is 6.18 Å². The Morgan fingerprint density at radius 1 is 1.38 bits per heavy atom. The Kier molecular flexibility index (Phi) is 4.56. The molecule has 1 atom stereocenters. The van der Waals surface area contributed by atoms with Gasteiger partial charge in [0.2, 0.25) is 0 Å². The summed E-state index contributed by atoms with van der Waals surface area (Å²) in [5.41, 5.74) is -0.678.